The zero-order chi connectivity index (χ0) is 26.9. The lowest BCUT2D eigenvalue weighted by Gasteiger charge is -2.32. The van der Waals surface area contributed by atoms with Gasteiger partial charge >= 0.3 is 5.97 Å². The van der Waals surface area contributed by atoms with Gasteiger partial charge in [-0.1, -0.05) is 42.5 Å². The van der Waals surface area contributed by atoms with Crippen LogP contribution in [0.2, 0.25) is 0 Å². The molecule has 0 saturated carbocycles. The number of hydrogen-bond acceptors (Lipinski definition) is 6. The van der Waals surface area contributed by atoms with Crippen LogP contribution in [0.25, 0.3) is 0 Å². The number of nitrogens with zero attached hydrogens (tertiary/aromatic N) is 2. The number of esters is 1. The van der Waals surface area contributed by atoms with Crippen molar-refractivity contribution in [3.63, 3.8) is 0 Å². The van der Waals surface area contributed by atoms with Crippen LogP contribution in [-0.2, 0) is 25.9 Å². The molecular formula is C29H28N2O6S. The molecule has 0 radical (unpaired) electrons. The first-order chi connectivity index (χ1) is 18.3. The highest BCUT2D eigenvalue weighted by Crippen LogP contribution is 2.38. The van der Waals surface area contributed by atoms with Gasteiger partial charge in [0.15, 0.2) is 0 Å². The summed E-state index contributed by atoms with van der Waals surface area (Å²) in [6.45, 7) is 2.85. The SMILES string of the molecule is CCOC(=O)C1CCCN(C(=O)c2ccc3c(c2)N(Cc2ccccc2)C(=O)c2ccccc2S3(=O)=O)C1. The molecule has 2 heterocycles. The molecule has 0 aromatic heterocycles. The molecule has 1 unspecified atom stereocenters. The molecule has 3 aromatic rings. The Balaban J connectivity index is 1.57. The molecule has 0 aliphatic carbocycles. The van der Waals surface area contributed by atoms with Crippen LogP contribution < -0.4 is 4.90 Å². The van der Waals surface area contributed by atoms with Crippen LogP contribution in [0.4, 0.5) is 5.69 Å². The molecular weight excluding hydrogens is 504 g/mol. The Bertz CT molecular complexity index is 1500. The first-order valence-electron chi connectivity index (χ1n) is 12.6. The maximum absolute atomic E-state index is 13.8. The second-order valence-electron chi connectivity index (χ2n) is 9.40. The Morgan fingerprint density at radius 2 is 1.71 bits per heavy atom. The fourth-order valence-corrected chi connectivity index (χ4v) is 6.69. The summed E-state index contributed by atoms with van der Waals surface area (Å²) >= 11 is 0. The van der Waals surface area contributed by atoms with Crippen molar-refractivity contribution in [2.75, 3.05) is 24.6 Å². The average Bonchev–Trinajstić information content (AvgIpc) is 3.01. The van der Waals surface area contributed by atoms with Crippen LogP contribution >= 0.6 is 0 Å². The molecule has 0 N–H and O–H groups in total. The van der Waals surface area contributed by atoms with Gasteiger partial charge in [0.1, 0.15) is 0 Å². The molecule has 8 nitrogen and oxygen atoms in total. The van der Waals surface area contributed by atoms with E-state index in [4.69, 9.17) is 4.74 Å². The van der Waals surface area contributed by atoms with E-state index in [1.54, 1.807) is 24.0 Å². The lowest BCUT2D eigenvalue weighted by Crippen LogP contribution is -2.43. The minimum Gasteiger partial charge on any atom is -0.466 e. The monoisotopic (exact) mass is 532 g/mol. The number of benzene rings is 3. The Labute approximate surface area is 221 Å². The molecule has 5 rings (SSSR count). The molecule has 2 aliphatic heterocycles. The van der Waals surface area contributed by atoms with E-state index in [1.165, 1.54) is 35.2 Å². The number of rotatable bonds is 5. The maximum Gasteiger partial charge on any atom is 0.310 e. The number of piperidine rings is 1. The number of fused-ring (bicyclic) bond motifs is 2. The van der Waals surface area contributed by atoms with E-state index >= 15 is 0 Å². The van der Waals surface area contributed by atoms with Crippen molar-refractivity contribution >= 4 is 33.3 Å². The Morgan fingerprint density at radius 3 is 2.47 bits per heavy atom. The smallest absolute Gasteiger partial charge is 0.310 e. The lowest BCUT2D eigenvalue weighted by atomic mass is 9.97. The van der Waals surface area contributed by atoms with E-state index in [2.05, 4.69) is 0 Å². The van der Waals surface area contributed by atoms with Crippen LogP contribution in [0.3, 0.4) is 0 Å². The van der Waals surface area contributed by atoms with Crippen molar-refractivity contribution < 1.29 is 27.5 Å². The van der Waals surface area contributed by atoms with E-state index in [1.807, 2.05) is 30.3 Å². The molecule has 2 aliphatic rings. The van der Waals surface area contributed by atoms with Crippen molar-refractivity contribution in [2.24, 2.45) is 5.92 Å². The Morgan fingerprint density at radius 1 is 0.974 bits per heavy atom. The summed E-state index contributed by atoms with van der Waals surface area (Å²) in [6.07, 6.45) is 1.30. The predicted octanol–water partition coefficient (Wildman–Crippen LogP) is 4.10. The topological polar surface area (TPSA) is 101 Å². The zero-order valence-corrected chi connectivity index (χ0v) is 21.8. The van der Waals surface area contributed by atoms with Gasteiger partial charge in [0.05, 0.1) is 40.1 Å². The van der Waals surface area contributed by atoms with Gasteiger partial charge in [-0.3, -0.25) is 14.4 Å². The molecule has 0 spiro atoms. The molecule has 2 amide bonds. The number of likely N-dealkylation sites (tertiary alicyclic amines) is 1. The Kier molecular flexibility index (Phi) is 7.03. The molecule has 196 valence electrons. The molecule has 3 aromatic carbocycles. The number of carbonyl (C=O) groups excluding carboxylic acids is 3. The number of anilines is 1. The summed E-state index contributed by atoms with van der Waals surface area (Å²) in [5.41, 5.74) is 1.30. The molecule has 9 heteroatoms. The van der Waals surface area contributed by atoms with E-state index in [0.717, 1.165) is 5.56 Å². The van der Waals surface area contributed by atoms with Crippen LogP contribution in [0, 0.1) is 5.92 Å². The van der Waals surface area contributed by atoms with Crippen molar-refractivity contribution in [1.82, 2.24) is 4.90 Å². The van der Waals surface area contributed by atoms with Crippen LogP contribution in [0.5, 0.6) is 0 Å². The fraction of sp³-hybridized carbons (Fsp3) is 0.276. The van der Waals surface area contributed by atoms with Crippen LogP contribution in [-0.4, -0.2) is 50.8 Å². The van der Waals surface area contributed by atoms with Crippen LogP contribution in [0.15, 0.2) is 82.6 Å². The molecule has 1 saturated heterocycles. The van der Waals surface area contributed by atoms with Crippen molar-refractivity contribution in [1.29, 1.82) is 0 Å². The summed E-state index contributed by atoms with van der Waals surface area (Å²) in [4.78, 5) is 42.5. The number of amides is 2. The highest BCUT2D eigenvalue weighted by Gasteiger charge is 2.37. The summed E-state index contributed by atoms with van der Waals surface area (Å²) in [6, 6.07) is 19.8. The second-order valence-corrected chi connectivity index (χ2v) is 11.3. The van der Waals surface area contributed by atoms with Gasteiger partial charge in [-0.05, 0) is 55.7 Å². The molecule has 38 heavy (non-hydrogen) atoms. The minimum atomic E-state index is -4.04. The number of hydrogen-bond donors (Lipinski definition) is 0. The van der Waals surface area contributed by atoms with Gasteiger partial charge in [0, 0.05) is 18.7 Å². The summed E-state index contributed by atoms with van der Waals surface area (Å²) in [5.74, 6) is -1.51. The summed E-state index contributed by atoms with van der Waals surface area (Å²) in [7, 11) is -4.04. The first-order valence-corrected chi connectivity index (χ1v) is 14.1. The highest BCUT2D eigenvalue weighted by atomic mass is 32.2. The van der Waals surface area contributed by atoms with Gasteiger partial charge in [0.25, 0.3) is 11.8 Å². The number of ether oxygens (including phenoxy) is 1. The van der Waals surface area contributed by atoms with E-state index in [0.29, 0.717) is 19.4 Å². The largest absolute Gasteiger partial charge is 0.466 e. The van der Waals surface area contributed by atoms with E-state index < -0.39 is 21.7 Å². The summed E-state index contributed by atoms with van der Waals surface area (Å²) < 4.78 is 32.5. The minimum absolute atomic E-state index is 0.0358. The van der Waals surface area contributed by atoms with Gasteiger partial charge < -0.3 is 14.5 Å². The maximum atomic E-state index is 13.8. The Hall–Kier alpha value is -3.98. The van der Waals surface area contributed by atoms with Gasteiger partial charge in [-0.25, -0.2) is 8.42 Å². The van der Waals surface area contributed by atoms with Crippen molar-refractivity contribution in [3.8, 4) is 0 Å². The third kappa shape index (κ3) is 4.69. The molecule has 1 atom stereocenters. The van der Waals surface area contributed by atoms with Gasteiger partial charge in [0.2, 0.25) is 9.84 Å². The normalized spacial score (nSPS) is 18.2. The van der Waals surface area contributed by atoms with E-state index in [9.17, 15) is 22.8 Å². The number of sulfone groups is 1. The first kappa shape index (κ1) is 25.7. The number of carbonyl (C=O) groups is 3. The molecule has 0 bridgehead atoms. The third-order valence-corrected chi connectivity index (χ3v) is 8.81. The van der Waals surface area contributed by atoms with Gasteiger partial charge in [-0.15, -0.1) is 0 Å². The molecule has 1 fully saturated rings. The third-order valence-electron chi connectivity index (χ3n) is 6.95. The summed E-state index contributed by atoms with van der Waals surface area (Å²) in [5, 5.41) is 0. The standard InChI is InChI=1S/C29H28N2O6S/c1-2-37-29(34)22-11-8-16-30(19-22)27(32)21-14-15-26-24(17-21)31(18-20-9-4-3-5-10-20)28(33)23-12-6-7-13-25(23)38(26,35)36/h3-7,9-10,12-15,17,22H,2,8,11,16,18-19H2,1H3. The van der Waals surface area contributed by atoms with Crippen molar-refractivity contribution in [2.45, 2.75) is 36.1 Å². The zero-order valence-electron chi connectivity index (χ0n) is 21.0. The lowest BCUT2D eigenvalue weighted by molar-refractivity contribution is -0.149. The average molecular weight is 533 g/mol. The quantitative estimate of drug-likeness (QED) is 0.459. The predicted molar refractivity (Wildman–Crippen MR) is 141 cm³/mol. The van der Waals surface area contributed by atoms with Crippen LogP contribution in [0.1, 0.15) is 46.0 Å². The van der Waals surface area contributed by atoms with Crippen molar-refractivity contribution in [3.05, 3.63) is 89.5 Å². The fourth-order valence-electron chi connectivity index (χ4n) is 5.06. The van der Waals surface area contributed by atoms with Gasteiger partial charge in [-0.2, -0.15) is 0 Å². The highest BCUT2D eigenvalue weighted by molar-refractivity contribution is 7.91. The second kappa shape index (κ2) is 10.4. The van der Waals surface area contributed by atoms with E-state index in [-0.39, 0.29) is 58.2 Å².